The van der Waals surface area contributed by atoms with Gasteiger partial charge in [0, 0.05) is 38.3 Å². The molecule has 1 aromatic heterocycles. The molecule has 2 heterocycles. The average molecular weight is 273 g/mol. The summed E-state index contributed by atoms with van der Waals surface area (Å²) >= 11 is 0. The molecule has 0 amide bonds. The molecule has 1 N–H and O–H groups in total. The summed E-state index contributed by atoms with van der Waals surface area (Å²) in [5, 5.41) is 3.38. The molecule has 0 radical (unpaired) electrons. The topological polar surface area (TPSA) is 41.3 Å². The first-order valence-corrected chi connectivity index (χ1v) is 7.36. The van der Waals surface area contributed by atoms with Crippen molar-refractivity contribution in [2.24, 2.45) is 5.41 Å². The van der Waals surface area contributed by atoms with Gasteiger partial charge in [-0.1, -0.05) is 20.8 Å². The maximum absolute atomic E-state index is 5.84. The molecular formula is C16H23N3O. The fourth-order valence-corrected chi connectivity index (χ4v) is 2.61. The molecular weight excluding hydrogens is 250 g/mol. The molecule has 0 unspecified atom stereocenters. The number of nitrogens with one attached hydrogen (secondary N) is 1. The number of oxazole rings is 1. The molecule has 0 aliphatic carbocycles. The third kappa shape index (κ3) is 2.96. The van der Waals surface area contributed by atoms with Crippen LogP contribution in [0.1, 0.15) is 26.7 Å². The van der Waals surface area contributed by atoms with Crippen LogP contribution >= 0.6 is 0 Å². The number of fused-ring (bicyclic) bond motifs is 1. The zero-order chi connectivity index (χ0) is 14.2. The molecule has 1 aliphatic rings. The second kappa shape index (κ2) is 5.09. The van der Waals surface area contributed by atoms with E-state index < -0.39 is 0 Å². The van der Waals surface area contributed by atoms with Crippen molar-refractivity contribution in [2.75, 3.05) is 31.1 Å². The van der Waals surface area contributed by atoms with E-state index in [1.807, 2.05) is 6.07 Å². The van der Waals surface area contributed by atoms with Gasteiger partial charge >= 0.3 is 0 Å². The van der Waals surface area contributed by atoms with E-state index in [1.54, 1.807) is 0 Å². The Labute approximate surface area is 120 Å². The van der Waals surface area contributed by atoms with Gasteiger partial charge in [-0.2, -0.15) is 0 Å². The standard InChI is InChI=1S/C16H23N3O/c1-16(2,3)11-15-18-13-10-12(4-5-14(13)20-15)19-8-6-17-7-9-19/h4-5,10,17H,6-9,11H2,1-3H3. The van der Waals surface area contributed by atoms with Crippen LogP contribution < -0.4 is 10.2 Å². The van der Waals surface area contributed by atoms with Gasteiger partial charge in [0.15, 0.2) is 11.5 Å². The number of aromatic nitrogens is 1. The van der Waals surface area contributed by atoms with E-state index >= 15 is 0 Å². The van der Waals surface area contributed by atoms with Crippen molar-refractivity contribution in [3.8, 4) is 0 Å². The van der Waals surface area contributed by atoms with Gasteiger partial charge in [-0.05, 0) is 23.6 Å². The van der Waals surface area contributed by atoms with E-state index in [0.717, 1.165) is 49.6 Å². The summed E-state index contributed by atoms with van der Waals surface area (Å²) in [4.78, 5) is 7.04. The Balaban J connectivity index is 1.87. The van der Waals surface area contributed by atoms with Gasteiger partial charge in [0.05, 0.1) is 0 Å². The van der Waals surface area contributed by atoms with E-state index in [-0.39, 0.29) is 5.41 Å². The van der Waals surface area contributed by atoms with E-state index in [1.165, 1.54) is 5.69 Å². The van der Waals surface area contributed by atoms with Gasteiger partial charge in [-0.15, -0.1) is 0 Å². The van der Waals surface area contributed by atoms with Crippen molar-refractivity contribution >= 4 is 16.8 Å². The number of rotatable bonds is 2. The summed E-state index contributed by atoms with van der Waals surface area (Å²) in [7, 11) is 0. The Morgan fingerprint density at radius 2 is 2.00 bits per heavy atom. The Hall–Kier alpha value is -1.55. The minimum atomic E-state index is 0.197. The number of benzene rings is 1. The third-order valence-electron chi connectivity index (χ3n) is 3.58. The van der Waals surface area contributed by atoms with Crippen LogP contribution in [0.2, 0.25) is 0 Å². The van der Waals surface area contributed by atoms with Crippen LogP contribution in [0.4, 0.5) is 5.69 Å². The van der Waals surface area contributed by atoms with Crippen LogP contribution in [0.25, 0.3) is 11.1 Å². The van der Waals surface area contributed by atoms with Crippen LogP contribution in [0, 0.1) is 5.41 Å². The van der Waals surface area contributed by atoms with Gasteiger partial charge in [0.2, 0.25) is 0 Å². The number of anilines is 1. The lowest BCUT2D eigenvalue weighted by molar-refractivity contribution is 0.362. The highest BCUT2D eigenvalue weighted by atomic mass is 16.3. The van der Waals surface area contributed by atoms with E-state index in [2.05, 4.69) is 48.1 Å². The largest absolute Gasteiger partial charge is 0.441 e. The minimum Gasteiger partial charge on any atom is -0.441 e. The summed E-state index contributed by atoms with van der Waals surface area (Å²) < 4.78 is 5.84. The van der Waals surface area contributed by atoms with Crippen LogP contribution in [0.5, 0.6) is 0 Å². The highest BCUT2D eigenvalue weighted by Crippen LogP contribution is 2.26. The minimum absolute atomic E-state index is 0.197. The quantitative estimate of drug-likeness (QED) is 0.913. The Bertz CT molecular complexity index is 591. The van der Waals surface area contributed by atoms with Crippen LogP contribution in [0.15, 0.2) is 22.6 Å². The van der Waals surface area contributed by atoms with Gasteiger partial charge in [0.25, 0.3) is 0 Å². The van der Waals surface area contributed by atoms with Crippen LogP contribution in [-0.2, 0) is 6.42 Å². The van der Waals surface area contributed by atoms with Crippen LogP contribution in [0.3, 0.4) is 0 Å². The second-order valence-corrected chi connectivity index (χ2v) is 6.73. The smallest absolute Gasteiger partial charge is 0.195 e. The number of hydrogen-bond acceptors (Lipinski definition) is 4. The maximum Gasteiger partial charge on any atom is 0.195 e. The highest BCUT2D eigenvalue weighted by Gasteiger charge is 2.17. The van der Waals surface area contributed by atoms with Gasteiger partial charge in [0.1, 0.15) is 5.52 Å². The molecule has 1 aromatic carbocycles. The SMILES string of the molecule is CC(C)(C)Cc1nc2cc(N3CCNCC3)ccc2o1. The second-order valence-electron chi connectivity index (χ2n) is 6.73. The number of nitrogens with zero attached hydrogens (tertiary/aromatic N) is 2. The number of hydrogen-bond donors (Lipinski definition) is 1. The summed E-state index contributed by atoms with van der Waals surface area (Å²) in [6, 6.07) is 6.34. The first kappa shape index (κ1) is 13.4. The fourth-order valence-electron chi connectivity index (χ4n) is 2.61. The zero-order valence-corrected chi connectivity index (χ0v) is 12.6. The molecule has 4 nitrogen and oxygen atoms in total. The van der Waals surface area contributed by atoms with Crippen molar-refractivity contribution in [1.82, 2.24) is 10.3 Å². The molecule has 3 rings (SSSR count). The molecule has 0 bridgehead atoms. The van der Waals surface area contributed by atoms with Crippen molar-refractivity contribution in [3.05, 3.63) is 24.1 Å². The van der Waals surface area contributed by atoms with Gasteiger partial charge in [-0.25, -0.2) is 4.98 Å². The zero-order valence-electron chi connectivity index (χ0n) is 12.6. The van der Waals surface area contributed by atoms with E-state index in [0.29, 0.717) is 0 Å². The molecule has 2 aromatic rings. The predicted octanol–water partition coefficient (Wildman–Crippen LogP) is 2.83. The van der Waals surface area contributed by atoms with Crippen molar-refractivity contribution < 1.29 is 4.42 Å². The first-order chi connectivity index (χ1) is 9.51. The first-order valence-electron chi connectivity index (χ1n) is 7.36. The van der Waals surface area contributed by atoms with Crippen molar-refractivity contribution in [3.63, 3.8) is 0 Å². The summed E-state index contributed by atoms with van der Waals surface area (Å²) in [6.45, 7) is 10.8. The van der Waals surface area contributed by atoms with Crippen molar-refractivity contribution in [1.29, 1.82) is 0 Å². The fraction of sp³-hybridized carbons (Fsp3) is 0.562. The van der Waals surface area contributed by atoms with Crippen LogP contribution in [-0.4, -0.2) is 31.2 Å². The molecule has 4 heteroatoms. The molecule has 1 aliphatic heterocycles. The molecule has 108 valence electrons. The van der Waals surface area contributed by atoms with Crippen molar-refractivity contribution in [2.45, 2.75) is 27.2 Å². The maximum atomic E-state index is 5.84. The molecule has 0 saturated carbocycles. The Morgan fingerprint density at radius 1 is 1.25 bits per heavy atom. The Morgan fingerprint density at radius 3 is 2.70 bits per heavy atom. The molecule has 1 saturated heterocycles. The lowest BCUT2D eigenvalue weighted by atomic mass is 9.92. The normalized spacial score (nSPS) is 16.9. The molecule has 0 atom stereocenters. The van der Waals surface area contributed by atoms with E-state index in [4.69, 9.17) is 4.42 Å². The molecule has 20 heavy (non-hydrogen) atoms. The lowest BCUT2D eigenvalue weighted by Gasteiger charge is -2.29. The highest BCUT2D eigenvalue weighted by molar-refractivity contribution is 5.77. The molecule has 0 spiro atoms. The van der Waals surface area contributed by atoms with Gasteiger partial charge in [-0.3, -0.25) is 0 Å². The lowest BCUT2D eigenvalue weighted by Crippen LogP contribution is -2.43. The summed E-state index contributed by atoms with van der Waals surface area (Å²) in [6.07, 6.45) is 0.866. The van der Waals surface area contributed by atoms with E-state index in [9.17, 15) is 0 Å². The predicted molar refractivity (Wildman–Crippen MR) is 82.3 cm³/mol. The summed E-state index contributed by atoms with van der Waals surface area (Å²) in [5.74, 6) is 0.838. The molecule has 1 fully saturated rings. The van der Waals surface area contributed by atoms with Gasteiger partial charge < -0.3 is 14.6 Å². The average Bonchev–Trinajstić information content (AvgIpc) is 2.78. The summed E-state index contributed by atoms with van der Waals surface area (Å²) in [5.41, 5.74) is 3.31. The third-order valence-corrected chi connectivity index (χ3v) is 3.58. The Kier molecular flexibility index (Phi) is 3.42. The number of piperazine rings is 1. The monoisotopic (exact) mass is 273 g/mol.